The standard InChI is InChI=1S/C16H21Cl2N3/c1-12(2)8-19-9-15-10-20-11-21(15)6-5-13-3-4-14(17)7-16(13)18/h3-4,7,10-12,19H,5-6,8-9H2,1-2H3. The van der Waals surface area contributed by atoms with Crippen LogP contribution in [-0.4, -0.2) is 16.1 Å². The molecule has 1 aromatic heterocycles. The van der Waals surface area contributed by atoms with E-state index in [1.54, 1.807) is 6.07 Å². The molecule has 0 bridgehead atoms. The van der Waals surface area contributed by atoms with Crippen molar-refractivity contribution in [3.8, 4) is 0 Å². The van der Waals surface area contributed by atoms with Crippen LogP contribution >= 0.6 is 23.2 Å². The molecule has 0 spiro atoms. The molecule has 1 aromatic carbocycles. The molecule has 0 radical (unpaired) electrons. The average Bonchev–Trinajstić information content (AvgIpc) is 2.85. The summed E-state index contributed by atoms with van der Waals surface area (Å²) < 4.78 is 2.16. The van der Waals surface area contributed by atoms with Crippen molar-refractivity contribution in [2.24, 2.45) is 5.92 Å². The molecule has 0 amide bonds. The third kappa shape index (κ3) is 5.03. The van der Waals surface area contributed by atoms with Gasteiger partial charge in [-0.15, -0.1) is 0 Å². The lowest BCUT2D eigenvalue weighted by Gasteiger charge is -2.11. The van der Waals surface area contributed by atoms with Crippen LogP contribution in [0.5, 0.6) is 0 Å². The van der Waals surface area contributed by atoms with Crippen LogP contribution in [0.4, 0.5) is 0 Å². The van der Waals surface area contributed by atoms with Gasteiger partial charge >= 0.3 is 0 Å². The first-order valence-electron chi connectivity index (χ1n) is 7.20. The number of hydrogen-bond acceptors (Lipinski definition) is 2. The number of rotatable bonds is 7. The third-order valence-electron chi connectivity index (χ3n) is 3.29. The maximum absolute atomic E-state index is 6.21. The fourth-order valence-electron chi connectivity index (χ4n) is 2.15. The molecule has 0 fully saturated rings. The first kappa shape index (κ1) is 16.3. The molecule has 0 aliphatic heterocycles. The van der Waals surface area contributed by atoms with Gasteiger partial charge in [-0.05, 0) is 36.6 Å². The Bertz CT molecular complexity index is 579. The van der Waals surface area contributed by atoms with Crippen molar-refractivity contribution in [2.75, 3.05) is 6.54 Å². The zero-order chi connectivity index (χ0) is 15.2. The SMILES string of the molecule is CC(C)CNCc1cncn1CCc1ccc(Cl)cc1Cl. The minimum absolute atomic E-state index is 0.647. The van der Waals surface area contributed by atoms with Crippen LogP contribution in [0.15, 0.2) is 30.7 Å². The zero-order valence-corrected chi connectivity index (χ0v) is 14.0. The molecule has 0 aliphatic rings. The molecule has 0 aliphatic carbocycles. The fraction of sp³-hybridized carbons (Fsp3) is 0.438. The Morgan fingerprint density at radius 3 is 2.81 bits per heavy atom. The van der Waals surface area contributed by atoms with E-state index in [0.717, 1.165) is 36.6 Å². The van der Waals surface area contributed by atoms with Crippen molar-refractivity contribution >= 4 is 23.2 Å². The van der Waals surface area contributed by atoms with E-state index < -0.39 is 0 Å². The summed E-state index contributed by atoms with van der Waals surface area (Å²) in [4.78, 5) is 4.24. The van der Waals surface area contributed by atoms with E-state index in [9.17, 15) is 0 Å². The van der Waals surface area contributed by atoms with Crippen LogP contribution in [0.1, 0.15) is 25.1 Å². The number of halogens is 2. The highest BCUT2D eigenvalue weighted by Gasteiger charge is 2.05. The van der Waals surface area contributed by atoms with Crippen molar-refractivity contribution in [2.45, 2.75) is 33.4 Å². The Balaban J connectivity index is 1.92. The minimum Gasteiger partial charge on any atom is -0.333 e. The average molecular weight is 326 g/mol. The van der Waals surface area contributed by atoms with Crippen LogP contribution in [0.3, 0.4) is 0 Å². The molecule has 0 saturated heterocycles. The number of benzene rings is 1. The highest BCUT2D eigenvalue weighted by atomic mass is 35.5. The monoisotopic (exact) mass is 325 g/mol. The van der Waals surface area contributed by atoms with E-state index in [1.807, 2.05) is 24.7 Å². The van der Waals surface area contributed by atoms with Gasteiger partial charge in [0.15, 0.2) is 0 Å². The number of hydrogen-bond donors (Lipinski definition) is 1. The lowest BCUT2D eigenvalue weighted by Crippen LogP contribution is -2.21. The Morgan fingerprint density at radius 2 is 2.10 bits per heavy atom. The van der Waals surface area contributed by atoms with E-state index >= 15 is 0 Å². The van der Waals surface area contributed by atoms with Crippen molar-refractivity contribution < 1.29 is 0 Å². The van der Waals surface area contributed by atoms with E-state index in [1.165, 1.54) is 5.69 Å². The van der Waals surface area contributed by atoms with Crippen LogP contribution in [0.25, 0.3) is 0 Å². The van der Waals surface area contributed by atoms with Gasteiger partial charge in [-0.25, -0.2) is 4.98 Å². The fourth-order valence-corrected chi connectivity index (χ4v) is 2.65. The molecule has 114 valence electrons. The summed E-state index contributed by atoms with van der Waals surface area (Å²) in [5.74, 6) is 0.647. The summed E-state index contributed by atoms with van der Waals surface area (Å²) in [6.45, 7) is 7.11. The number of nitrogens with zero attached hydrogens (tertiary/aromatic N) is 2. The zero-order valence-electron chi connectivity index (χ0n) is 12.4. The lowest BCUT2D eigenvalue weighted by molar-refractivity contribution is 0.534. The number of nitrogens with one attached hydrogen (secondary N) is 1. The number of aromatic nitrogens is 2. The van der Waals surface area contributed by atoms with Crippen molar-refractivity contribution in [1.29, 1.82) is 0 Å². The molecule has 0 unspecified atom stereocenters. The topological polar surface area (TPSA) is 29.9 Å². The van der Waals surface area contributed by atoms with Gasteiger partial charge in [-0.2, -0.15) is 0 Å². The quantitative estimate of drug-likeness (QED) is 0.827. The normalized spacial score (nSPS) is 11.3. The smallest absolute Gasteiger partial charge is 0.0948 e. The van der Waals surface area contributed by atoms with Gasteiger partial charge in [0.05, 0.1) is 12.0 Å². The Kier molecular flexibility index (Phi) is 6.09. The predicted octanol–water partition coefficient (Wildman–Crippen LogP) is 4.18. The second-order valence-corrected chi connectivity index (χ2v) is 6.43. The van der Waals surface area contributed by atoms with Gasteiger partial charge in [0.1, 0.15) is 0 Å². The first-order valence-corrected chi connectivity index (χ1v) is 7.95. The molecule has 2 rings (SSSR count). The largest absolute Gasteiger partial charge is 0.333 e. The molecular formula is C16H21Cl2N3. The molecule has 0 saturated carbocycles. The van der Waals surface area contributed by atoms with Crippen molar-refractivity contribution in [1.82, 2.24) is 14.9 Å². The third-order valence-corrected chi connectivity index (χ3v) is 3.88. The highest BCUT2D eigenvalue weighted by molar-refractivity contribution is 6.35. The molecule has 1 heterocycles. The van der Waals surface area contributed by atoms with Gasteiger partial charge < -0.3 is 9.88 Å². The second-order valence-electron chi connectivity index (χ2n) is 5.59. The molecule has 2 aromatic rings. The minimum atomic E-state index is 0.647. The maximum Gasteiger partial charge on any atom is 0.0948 e. The highest BCUT2D eigenvalue weighted by Crippen LogP contribution is 2.21. The molecule has 5 heteroatoms. The van der Waals surface area contributed by atoms with Crippen LogP contribution in [0.2, 0.25) is 10.0 Å². The van der Waals surface area contributed by atoms with Gasteiger partial charge in [-0.1, -0.05) is 43.1 Å². The van der Waals surface area contributed by atoms with Gasteiger partial charge in [0.2, 0.25) is 0 Å². The summed E-state index contributed by atoms with van der Waals surface area (Å²) in [5.41, 5.74) is 2.30. The first-order chi connectivity index (χ1) is 10.1. The Morgan fingerprint density at radius 1 is 1.29 bits per heavy atom. The van der Waals surface area contributed by atoms with E-state index in [2.05, 4.69) is 28.7 Å². The molecule has 0 atom stereocenters. The summed E-state index contributed by atoms with van der Waals surface area (Å²) in [7, 11) is 0. The van der Waals surface area contributed by atoms with Crippen molar-refractivity contribution in [3.05, 3.63) is 52.0 Å². The van der Waals surface area contributed by atoms with Crippen LogP contribution < -0.4 is 5.32 Å². The summed E-state index contributed by atoms with van der Waals surface area (Å²) >= 11 is 12.1. The Hall–Kier alpha value is -1.03. The summed E-state index contributed by atoms with van der Waals surface area (Å²) in [6.07, 6.45) is 4.65. The lowest BCUT2D eigenvalue weighted by atomic mass is 10.1. The van der Waals surface area contributed by atoms with Gasteiger partial charge in [0.25, 0.3) is 0 Å². The second kappa shape index (κ2) is 7.83. The summed E-state index contributed by atoms with van der Waals surface area (Å²) in [5, 5.41) is 4.84. The van der Waals surface area contributed by atoms with Gasteiger partial charge in [-0.3, -0.25) is 0 Å². The maximum atomic E-state index is 6.21. The molecular weight excluding hydrogens is 305 g/mol. The van der Waals surface area contributed by atoms with Crippen molar-refractivity contribution in [3.63, 3.8) is 0 Å². The molecule has 3 nitrogen and oxygen atoms in total. The van der Waals surface area contributed by atoms with E-state index in [0.29, 0.717) is 10.9 Å². The van der Waals surface area contributed by atoms with E-state index in [-0.39, 0.29) is 0 Å². The van der Waals surface area contributed by atoms with E-state index in [4.69, 9.17) is 23.2 Å². The van der Waals surface area contributed by atoms with Gasteiger partial charge in [0, 0.05) is 29.3 Å². The molecule has 1 N–H and O–H groups in total. The number of imidazole rings is 1. The summed E-state index contributed by atoms with van der Waals surface area (Å²) in [6, 6.07) is 5.65. The number of aryl methyl sites for hydroxylation is 2. The molecule has 21 heavy (non-hydrogen) atoms. The predicted molar refractivity (Wildman–Crippen MR) is 88.9 cm³/mol. The Labute approximate surface area is 136 Å². The van der Waals surface area contributed by atoms with Crippen LogP contribution in [-0.2, 0) is 19.5 Å². The van der Waals surface area contributed by atoms with Crippen LogP contribution in [0, 0.1) is 5.92 Å².